The fourth-order valence-corrected chi connectivity index (χ4v) is 2.66. The maximum Gasteiger partial charge on any atom is 0.513 e. The minimum atomic E-state index is -0.326. The van der Waals surface area contributed by atoms with E-state index < -0.39 is 0 Å². The monoisotopic (exact) mass is 275 g/mol. The van der Waals surface area contributed by atoms with Gasteiger partial charge in [-0.2, -0.15) is 0 Å². The Hall–Kier alpha value is -0.905. The Morgan fingerprint density at radius 1 is 1.25 bits per heavy atom. The molecule has 3 heterocycles. The third kappa shape index (κ3) is 3.22. The molecule has 0 saturated carbocycles. The van der Waals surface area contributed by atoms with Crippen LogP contribution in [0.2, 0.25) is 0 Å². The molecule has 1 unspecified atom stereocenters. The maximum absolute atomic E-state index is 5.81. The highest BCUT2D eigenvalue weighted by Crippen LogP contribution is 2.24. The van der Waals surface area contributed by atoms with Crippen LogP contribution in [0.1, 0.15) is 38.3 Å². The lowest BCUT2D eigenvalue weighted by atomic mass is 9.79. The Labute approximate surface area is 121 Å². The van der Waals surface area contributed by atoms with Crippen LogP contribution in [-0.2, 0) is 14.0 Å². The van der Waals surface area contributed by atoms with E-state index in [0.717, 1.165) is 37.3 Å². The smallest absolute Gasteiger partial charge is 0.406 e. The molecule has 108 valence electrons. The summed E-state index contributed by atoms with van der Waals surface area (Å²) in [6, 6.07) is 6.10. The maximum atomic E-state index is 5.81. The van der Waals surface area contributed by atoms with Gasteiger partial charge in [0.1, 0.15) is 0 Å². The van der Waals surface area contributed by atoms with Gasteiger partial charge in [-0.05, 0) is 25.0 Å². The lowest BCUT2D eigenvalue weighted by Crippen LogP contribution is -2.48. The molecule has 0 spiro atoms. The van der Waals surface area contributed by atoms with Gasteiger partial charge in [0.15, 0.2) is 0 Å². The summed E-state index contributed by atoms with van der Waals surface area (Å²) in [5, 5.41) is 0. The molecule has 2 aliphatic rings. The highest BCUT2D eigenvalue weighted by Gasteiger charge is 2.34. The van der Waals surface area contributed by atoms with E-state index in [0.29, 0.717) is 19.1 Å². The molecule has 2 saturated heterocycles. The second kappa shape index (κ2) is 5.84. The van der Waals surface area contributed by atoms with Crippen LogP contribution in [0, 0.1) is 5.41 Å². The van der Waals surface area contributed by atoms with Gasteiger partial charge in [0.05, 0.1) is 12.2 Å². The van der Waals surface area contributed by atoms with Crippen molar-refractivity contribution in [1.82, 2.24) is 4.98 Å². The normalized spacial score (nSPS) is 26.5. The van der Waals surface area contributed by atoms with E-state index in [4.69, 9.17) is 19.0 Å². The number of rotatable bonds is 2. The van der Waals surface area contributed by atoms with Gasteiger partial charge in [0.25, 0.3) is 0 Å². The van der Waals surface area contributed by atoms with Crippen molar-refractivity contribution in [2.75, 3.05) is 26.4 Å². The molecule has 1 atom stereocenters. The van der Waals surface area contributed by atoms with Crippen LogP contribution in [0.15, 0.2) is 18.2 Å². The first kappa shape index (κ1) is 14.0. The number of pyridine rings is 1. The van der Waals surface area contributed by atoms with E-state index >= 15 is 0 Å². The molecule has 0 aromatic carbocycles. The van der Waals surface area contributed by atoms with Gasteiger partial charge in [-0.15, -0.1) is 0 Å². The van der Waals surface area contributed by atoms with E-state index in [1.807, 2.05) is 12.1 Å². The first-order valence-electron chi connectivity index (χ1n) is 7.42. The Morgan fingerprint density at radius 2 is 2.05 bits per heavy atom. The summed E-state index contributed by atoms with van der Waals surface area (Å²) in [6.07, 6.45) is 2.26. The standard InChI is InChI=1S/C15H22BNO3/c1-15(2)10-19-16(20-11-15)14-7-3-6-13(17-14)12-5-4-8-18-9-12/h3,6-7,12H,4-5,8-11H2,1-2H3. The van der Waals surface area contributed by atoms with Crippen LogP contribution < -0.4 is 5.59 Å². The molecule has 0 radical (unpaired) electrons. The third-order valence-corrected chi connectivity index (χ3v) is 3.86. The molecule has 0 N–H and O–H groups in total. The first-order chi connectivity index (χ1) is 9.64. The lowest BCUT2D eigenvalue weighted by molar-refractivity contribution is 0.0339. The summed E-state index contributed by atoms with van der Waals surface area (Å²) in [5.74, 6) is 0.406. The summed E-state index contributed by atoms with van der Waals surface area (Å²) >= 11 is 0. The molecule has 20 heavy (non-hydrogen) atoms. The minimum absolute atomic E-state index is 0.0886. The zero-order chi connectivity index (χ0) is 14.0. The molecule has 5 heteroatoms. The van der Waals surface area contributed by atoms with Crippen molar-refractivity contribution in [2.45, 2.75) is 32.6 Å². The molecule has 2 fully saturated rings. The number of hydrogen-bond acceptors (Lipinski definition) is 4. The van der Waals surface area contributed by atoms with Crippen LogP contribution in [-0.4, -0.2) is 38.5 Å². The molecule has 0 amide bonds. The van der Waals surface area contributed by atoms with E-state index in [9.17, 15) is 0 Å². The van der Waals surface area contributed by atoms with E-state index in [1.165, 1.54) is 0 Å². The van der Waals surface area contributed by atoms with E-state index in [1.54, 1.807) is 0 Å². The predicted molar refractivity (Wildman–Crippen MR) is 78.1 cm³/mol. The third-order valence-electron chi connectivity index (χ3n) is 3.86. The molecular formula is C15H22BNO3. The van der Waals surface area contributed by atoms with Crippen LogP contribution in [0.25, 0.3) is 0 Å². The van der Waals surface area contributed by atoms with Crippen molar-refractivity contribution >= 4 is 12.7 Å². The van der Waals surface area contributed by atoms with Gasteiger partial charge in [0.2, 0.25) is 0 Å². The average Bonchev–Trinajstić information content (AvgIpc) is 2.48. The van der Waals surface area contributed by atoms with Gasteiger partial charge in [-0.3, -0.25) is 4.98 Å². The second-order valence-electron chi connectivity index (χ2n) is 6.52. The number of hydrogen-bond donors (Lipinski definition) is 0. The second-order valence-corrected chi connectivity index (χ2v) is 6.52. The molecule has 1 aromatic heterocycles. The zero-order valence-corrected chi connectivity index (χ0v) is 12.3. The fraction of sp³-hybridized carbons (Fsp3) is 0.667. The SMILES string of the molecule is CC1(C)COB(c2cccc(C3CCCOC3)n2)OC1. The predicted octanol–water partition coefficient (Wildman–Crippen LogP) is 1.74. The van der Waals surface area contributed by atoms with Crippen molar-refractivity contribution in [3.05, 3.63) is 23.9 Å². The van der Waals surface area contributed by atoms with Gasteiger partial charge >= 0.3 is 7.12 Å². The Kier molecular flexibility index (Phi) is 4.10. The van der Waals surface area contributed by atoms with Crippen LogP contribution in [0.5, 0.6) is 0 Å². The Morgan fingerprint density at radius 3 is 2.75 bits per heavy atom. The first-order valence-corrected chi connectivity index (χ1v) is 7.42. The highest BCUT2D eigenvalue weighted by atomic mass is 16.6. The average molecular weight is 275 g/mol. The molecule has 1 aromatic rings. The topological polar surface area (TPSA) is 40.6 Å². The summed E-state index contributed by atoms with van der Waals surface area (Å²) in [6.45, 7) is 7.35. The fourth-order valence-electron chi connectivity index (χ4n) is 2.66. The van der Waals surface area contributed by atoms with E-state index in [2.05, 4.69) is 19.9 Å². The highest BCUT2D eigenvalue weighted by molar-refractivity contribution is 6.60. The Balaban J connectivity index is 1.71. The van der Waals surface area contributed by atoms with E-state index in [-0.39, 0.29) is 12.5 Å². The van der Waals surface area contributed by atoms with Gasteiger partial charge < -0.3 is 14.0 Å². The lowest BCUT2D eigenvalue weighted by Gasteiger charge is -2.33. The number of nitrogens with zero attached hydrogens (tertiary/aromatic N) is 1. The summed E-state index contributed by atoms with van der Waals surface area (Å²) < 4.78 is 17.2. The van der Waals surface area contributed by atoms with Crippen molar-refractivity contribution in [1.29, 1.82) is 0 Å². The van der Waals surface area contributed by atoms with Gasteiger partial charge in [0, 0.05) is 36.8 Å². The van der Waals surface area contributed by atoms with Crippen molar-refractivity contribution in [2.24, 2.45) is 5.41 Å². The van der Waals surface area contributed by atoms with Crippen LogP contribution >= 0.6 is 0 Å². The summed E-state index contributed by atoms with van der Waals surface area (Å²) in [5.41, 5.74) is 2.06. The molecule has 0 aliphatic carbocycles. The number of ether oxygens (including phenoxy) is 1. The Bertz CT molecular complexity index is 450. The van der Waals surface area contributed by atoms with Crippen LogP contribution in [0.3, 0.4) is 0 Å². The summed E-state index contributed by atoms with van der Waals surface area (Å²) in [7, 11) is -0.326. The zero-order valence-electron chi connectivity index (χ0n) is 12.3. The molecule has 0 bridgehead atoms. The van der Waals surface area contributed by atoms with Gasteiger partial charge in [-0.1, -0.05) is 19.9 Å². The molecular weight excluding hydrogens is 253 g/mol. The van der Waals surface area contributed by atoms with Crippen molar-refractivity contribution < 1.29 is 14.0 Å². The summed E-state index contributed by atoms with van der Waals surface area (Å²) in [4.78, 5) is 4.74. The van der Waals surface area contributed by atoms with Crippen molar-refractivity contribution in [3.63, 3.8) is 0 Å². The molecule has 4 nitrogen and oxygen atoms in total. The molecule has 3 rings (SSSR count). The largest absolute Gasteiger partial charge is 0.513 e. The van der Waals surface area contributed by atoms with Gasteiger partial charge in [-0.25, -0.2) is 0 Å². The van der Waals surface area contributed by atoms with Crippen molar-refractivity contribution in [3.8, 4) is 0 Å². The quantitative estimate of drug-likeness (QED) is 0.771. The number of aromatic nitrogens is 1. The van der Waals surface area contributed by atoms with Crippen LogP contribution in [0.4, 0.5) is 0 Å². The minimum Gasteiger partial charge on any atom is -0.406 e. The molecule has 2 aliphatic heterocycles.